The van der Waals surface area contributed by atoms with E-state index in [1.165, 1.54) is 0 Å². The molecule has 0 aromatic heterocycles. The maximum atomic E-state index is 11.5. The lowest BCUT2D eigenvalue weighted by Gasteiger charge is -2.17. The number of nitrogens with one attached hydrogen (secondary N) is 1. The molecule has 1 aliphatic carbocycles. The van der Waals surface area contributed by atoms with Crippen molar-refractivity contribution in [2.45, 2.75) is 45.1 Å². The molecule has 17 heavy (non-hydrogen) atoms. The second-order valence-electron chi connectivity index (χ2n) is 4.81. The second kappa shape index (κ2) is 6.59. The van der Waals surface area contributed by atoms with Gasteiger partial charge in [0, 0.05) is 19.0 Å². The summed E-state index contributed by atoms with van der Waals surface area (Å²) in [7, 11) is 0. The summed E-state index contributed by atoms with van der Waals surface area (Å²) in [5.74, 6) is -1.04. The normalized spacial score (nSPS) is 25.5. The lowest BCUT2D eigenvalue weighted by molar-refractivity contribution is -0.143. The molecule has 1 fully saturated rings. The number of aliphatic carboxylic acids is 1. The smallest absolute Gasteiger partial charge is 0.306 e. The predicted molar refractivity (Wildman–Crippen MR) is 64.4 cm³/mol. The van der Waals surface area contributed by atoms with Crippen LogP contribution >= 0.6 is 0 Å². The molecule has 0 saturated heterocycles. The number of hydrogen-bond acceptors (Lipinski definition) is 3. The van der Waals surface area contributed by atoms with Crippen molar-refractivity contribution in [3.05, 3.63) is 0 Å². The highest BCUT2D eigenvalue weighted by Crippen LogP contribution is 2.31. The third-order valence-corrected chi connectivity index (χ3v) is 3.51. The Bertz CT molecular complexity index is 281. The van der Waals surface area contributed by atoms with Crippen LogP contribution in [-0.2, 0) is 9.59 Å². The molecule has 0 radical (unpaired) electrons. The molecular formula is C12H22N2O3. The Labute approximate surface area is 102 Å². The van der Waals surface area contributed by atoms with Crippen LogP contribution in [0.25, 0.3) is 0 Å². The number of carboxylic acid groups (broad SMARTS) is 1. The van der Waals surface area contributed by atoms with Gasteiger partial charge in [-0.1, -0.05) is 13.3 Å². The van der Waals surface area contributed by atoms with E-state index in [-0.39, 0.29) is 23.8 Å². The summed E-state index contributed by atoms with van der Waals surface area (Å²) in [6.07, 6.45) is 3.64. The first-order valence-corrected chi connectivity index (χ1v) is 6.29. The van der Waals surface area contributed by atoms with Crippen molar-refractivity contribution >= 4 is 11.9 Å². The predicted octanol–water partition coefficient (Wildman–Crippen LogP) is 0.731. The van der Waals surface area contributed by atoms with Gasteiger partial charge in [-0.2, -0.15) is 0 Å². The Balaban J connectivity index is 2.30. The zero-order valence-corrected chi connectivity index (χ0v) is 10.3. The molecule has 1 saturated carbocycles. The molecule has 1 rings (SSSR count). The Hall–Kier alpha value is -1.10. The van der Waals surface area contributed by atoms with Gasteiger partial charge in [-0.25, -0.2) is 0 Å². The van der Waals surface area contributed by atoms with E-state index in [4.69, 9.17) is 10.8 Å². The van der Waals surface area contributed by atoms with E-state index >= 15 is 0 Å². The van der Waals surface area contributed by atoms with E-state index < -0.39 is 5.97 Å². The van der Waals surface area contributed by atoms with Crippen LogP contribution < -0.4 is 11.1 Å². The van der Waals surface area contributed by atoms with Crippen molar-refractivity contribution in [1.82, 2.24) is 5.32 Å². The number of amides is 1. The second-order valence-corrected chi connectivity index (χ2v) is 4.81. The minimum Gasteiger partial charge on any atom is -0.481 e. The SMILES string of the molecule is CCC(N)CC(=O)NCC1CCCC1C(=O)O. The van der Waals surface area contributed by atoms with Crippen molar-refractivity contribution in [2.24, 2.45) is 17.6 Å². The number of carbonyl (C=O) groups is 2. The Morgan fingerprint density at radius 3 is 2.76 bits per heavy atom. The molecule has 1 aliphatic rings. The Morgan fingerprint density at radius 2 is 2.18 bits per heavy atom. The fraction of sp³-hybridized carbons (Fsp3) is 0.833. The zero-order chi connectivity index (χ0) is 12.8. The number of nitrogens with two attached hydrogens (primary N) is 1. The van der Waals surface area contributed by atoms with Gasteiger partial charge in [0.15, 0.2) is 0 Å². The molecule has 3 atom stereocenters. The number of rotatable bonds is 6. The van der Waals surface area contributed by atoms with Crippen LogP contribution in [-0.4, -0.2) is 29.6 Å². The van der Waals surface area contributed by atoms with Gasteiger partial charge in [-0.15, -0.1) is 0 Å². The maximum absolute atomic E-state index is 11.5. The quantitative estimate of drug-likeness (QED) is 0.640. The molecule has 98 valence electrons. The van der Waals surface area contributed by atoms with Gasteiger partial charge in [0.25, 0.3) is 0 Å². The monoisotopic (exact) mass is 242 g/mol. The summed E-state index contributed by atoms with van der Waals surface area (Å²) in [4.78, 5) is 22.5. The van der Waals surface area contributed by atoms with Gasteiger partial charge in [0.05, 0.1) is 5.92 Å². The highest BCUT2D eigenvalue weighted by atomic mass is 16.4. The zero-order valence-electron chi connectivity index (χ0n) is 10.3. The van der Waals surface area contributed by atoms with Gasteiger partial charge in [0.1, 0.15) is 0 Å². The molecule has 0 aromatic carbocycles. The molecule has 5 nitrogen and oxygen atoms in total. The van der Waals surface area contributed by atoms with Crippen LogP contribution in [0.3, 0.4) is 0 Å². The average Bonchev–Trinajstić information content (AvgIpc) is 2.74. The van der Waals surface area contributed by atoms with Gasteiger partial charge in [-0.3, -0.25) is 9.59 Å². The first-order valence-electron chi connectivity index (χ1n) is 6.29. The summed E-state index contributed by atoms with van der Waals surface area (Å²) in [6.45, 7) is 2.40. The third-order valence-electron chi connectivity index (χ3n) is 3.51. The molecule has 5 heteroatoms. The first-order chi connectivity index (χ1) is 8.04. The maximum Gasteiger partial charge on any atom is 0.306 e. The molecule has 0 bridgehead atoms. The average molecular weight is 242 g/mol. The van der Waals surface area contributed by atoms with Crippen LogP contribution in [0.1, 0.15) is 39.0 Å². The topological polar surface area (TPSA) is 92.4 Å². The summed E-state index contributed by atoms with van der Waals surface area (Å²) in [6, 6.07) is -0.103. The molecule has 3 unspecified atom stereocenters. The van der Waals surface area contributed by atoms with E-state index in [1.54, 1.807) is 0 Å². The van der Waals surface area contributed by atoms with Crippen LogP contribution in [0.15, 0.2) is 0 Å². The largest absolute Gasteiger partial charge is 0.481 e. The number of carbonyl (C=O) groups excluding carboxylic acids is 1. The molecule has 0 spiro atoms. The minimum atomic E-state index is -0.744. The minimum absolute atomic E-state index is 0.0737. The molecule has 0 heterocycles. The highest BCUT2D eigenvalue weighted by Gasteiger charge is 2.32. The molecule has 0 aromatic rings. The third kappa shape index (κ3) is 4.34. The van der Waals surface area contributed by atoms with E-state index in [9.17, 15) is 9.59 Å². The van der Waals surface area contributed by atoms with E-state index in [0.29, 0.717) is 13.0 Å². The summed E-state index contributed by atoms with van der Waals surface area (Å²) >= 11 is 0. The fourth-order valence-corrected chi connectivity index (χ4v) is 2.31. The highest BCUT2D eigenvalue weighted by molar-refractivity contribution is 5.76. The van der Waals surface area contributed by atoms with Crippen molar-refractivity contribution in [3.63, 3.8) is 0 Å². The molecular weight excluding hydrogens is 220 g/mol. The fourth-order valence-electron chi connectivity index (χ4n) is 2.31. The lowest BCUT2D eigenvalue weighted by atomic mass is 9.96. The van der Waals surface area contributed by atoms with E-state index in [2.05, 4.69) is 5.32 Å². The van der Waals surface area contributed by atoms with Crippen molar-refractivity contribution < 1.29 is 14.7 Å². The van der Waals surface area contributed by atoms with Crippen molar-refractivity contribution in [3.8, 4) is 0 Å². The van der Waals surface area contributed by atoms with E-state index in [1.807, 2.05) is 6.92 Å². The number of carboxylic acids is 1. The van der Waals surface area contributed by atoms with Crippen molar-refractivity contribution in [1.29, 1.82) is 0 Å². The van der Waals surface area contributed by atoms with E-state index in [0.717, 1.165) is 25.7 Å². The van der Waals surface area contributed by atoms with Gasteiger partial charge in [0.2, 0.25) is 5.91 Å². The standard InChI is InChI=1S/C12H22N2O3/c1-2-9(13)6-11(15)14-7-8-4-3-5-10(8)12(16)17/h8-10H,2-7,13H2,1H3,(H,14,15)(H,16,17). The lowest BCUT2D eigenvalue weighted by Crippen LogP contribution is -2.36. The first kappa shape index (κ1) is 14.0. The Morgan fingerprint density at radius 1 is 1.47 bits per heavy atom. The van der Waals surface area contributed by atoms with Gasteiger partial charge < -0.3 is 16.2 Å². The van der Waals surface area contributed by atoms with Gasteiger partial charge >= 0.3 is 5.97 Å². The molecule has 0 aliphatic heterocycles. The van der Waals surface area contributed by atoms with Crippen LogP contribution in [0.4, 0.5) is 0 Å². The Kier molecular flexibility index (Phi) is 5.41. The molecule has 4 N–H and O–H groups in total. The summed E-state index contributed by atoms with van der Waals surface area (Å²) in [5, 5.41) is 11.8. The number of hydrogen-bond donors (Lipinski definition) is 3. The van der Waals surface area contributed by atoms with Crippen molar-refractivity contribution in [2.75, 3.05) is 6.54 Å². The summed E-state index contributed by atoms with van der Waals surface area (Å²) in [5.41, 5.74) is 5.68. The van der Waals surface area contributed by atoms with Crippen LogP contribution in [0.5, 0.6) is 0 Å². The van der Waals surface area contributed by atoms with Gasteiger partial charge in [-0.05, 0) is 25.2 Å². The summed E-state index contributed by atoms with van der Waals surface area (Å²) < 4.78 is 0. The van der Waals surface area contributed by atoms with Crippen LogP contribution in [0, 0.1) is 11.8 Å². The molecule has 1 amide bonds. The van der Waals surface area contributed by atoms with Crippen LogP contribution in [0.2, 0.25) is 0 Å².